The van der Waals surface area contributed by atoms with Crippen LogP contribution in [0.3, 0.4) is 0 Å². The lowest BCUT2D eigenvalue weighted by Crippen LogP contribution is -2.25. The third-order valence-corrected chi connectivity index (χ3v) is 5.19. The van der Waals surface area contributed by atoms with Gasteiger partial charge in [0.1, 0.15) is 4.88 Å². The molecule has 1 aromatic heterocycles. The van der Waals surface area contributed by atoms with E-state index in [0.29, 0.717) is 15.7 Å². The van der Waals surface area contributed by atoms with E-state index >= 15 is 0 Å². The topological polar surface area (TPSA) is 79.4 Å². The van der Waals surface area contributed by atoms with Crippen molar-refractivity contribution in [3.05, 3.63) is 10.6 Å². The number of rotatable bonds is 4. The lowest BCUT2D eigenvalue weighted by Gasteiger charge is -2.11. The first-order valence-corrected chi connectivity index (χ1v) is 8.17. The summed E-state index contributed by atoms with van der Waals surface area (Å²) in [5.41, 5.74) is 0.559. The summed E-state index contributed by atoms with van der Waals surface area (Å²) in [4.78, 5) is 16.5. The zero-order valence-corrected chi connectivity index (χ0v) is 12.1. The fourth-order valence-electron chi connectivity index (χ4n) is 1.35. The smallest absolute Gasteiger partial charge is 0.263 e. The summed E-state index contributed by atoms with van der Waals surface area (Å²) in [6.07, 6.45) is 3.13. The minimum atomic E-state index is -3.35. The molecule has 0 unspecified atom stereocenters. The summed E-state index contributed by atoms with van der Waals surface area (Å²) < 4.78 is 23.9. The molecule has 0 aromatic carbocycles. The molecule has 0 bridgehead atoms. The number of anilines is 1. The van der Waals surface area contributed by atoms with Gasteiger partial charge in [0.15, 0.2) is 5.13 Å². The van der Waals surface area contributed by atoms with Gasteiger partial charge < -0.3 is 5.32 Å². The van der Waals surface area contributed by atoms with E-state index in [9.17, 15) is 13.2 Å². The van der Waals surface area contributed by atoms with Crippen molar-refractivity contribution in [1.29, 1.82) is 0 Å². The average Bonchev–Trinajstić information content (AvgIpc) is 2.97. The van der Waals surface area contributed by atoms with Gasteiger partial charge in [-0.3, -0.25) is 4.79 Å². The summed E-state index contributed by atoms with van der Waals surface area (Å²) in [7, 11) is -1.92. The molecule has 0 saturated heterocycles. The highest BCUT2D eigenvalue weighted by molar-refractivity contribution is 7.92. The van der Waals surface area contributed by atoms with Gasteiger partial charge in [0.05, 0.1) is 11.9 Å². The van der Waals surface area contributed by atoms with Crippen LogP contribution in [0.15, 0.2) is 0 Å². The fourth-order valence-corrected chi connectivity index (χ4v) is 3.03. The number of carbonyl (C=O) groups is 1. The number of hydrogen-bond donors (Lipinski definition) is 1. The molecule has 1 aliphatic rings. The Hall–Kier alpha value is -1.15. The van der Waals surface area contributed by atoms with Crippen LogP contribution in [0.25, 0.3) is 0 Å². The molecule has 1 saturated carbocycles. The van der Waals surface area contributed by atoms with Crippen LogP contribution in [0, 0.1) is 6.92 Å². The molecular formula is C10H15N3O3S2. The van der Waals surface area contributed by atoms with Crippen LogP contribution in [0.5, 0.6) is 0 Å². The summed E-state index contributed by atoms with van der Waals surface area (Å²) in [5, 5.41) is 3.18. The molecule has 8 heteroatoms. The van der Waals surface area contributed by atoms with Gasteiger partial charge in [-0.2, -0.15) is 0 Å². The number of hydrogen-bond acceptors (Lipinski definition) is 5. The van der Waals surface area contributed by atoms with Gasteiger partial charge in [0, 0.05) is 13.1 Å². The van der Waals surface area contributed by atoms with Crippen molar-refractivity contribution in [2.24, 2.45) is 0 Å². The van der Waals surface area contributed by atoms with E-state index in [-0.39, 0.29) is 11.9 Å². The third kappa shape index (κ3) is 2.81. The SMILES string of the molecule is Cc1nc(N(C)S(C)(=O)=O)sc1C(=O)NC1CC1. The second kappa shape index (κ2) is 4.51. The normalized spacial score (nSPS) is 15.5. The maximum absolute atomic E-state index is 11.9. The molecule has 6 nitrogen and oxygen atoms in total. The number of aryl methyl sites for hydroxylation is 1. The summed E-state index contributed by atoms with van der Waals surface area (Å²) in [5.74, 6) is -0.166. The first-order valence-electron chi connectivity index (χ1n) is 5.51. The van der Waals surface area contributed by atoms with Crippen LogP contribution in [0.4, 0.5) is 5.13 Å². The van der Waals surface area contributed by atoms with E-state index in [0.717, 1.165) is 34.7 Å². The summed E-state index contributed by atoms with van der Waals surface area (Å²) in [6.45, 7) is 1.71. The highest BCUT2D eigenvalue weighted by atomic mass is 32.2. The zero-order chi connectivity index (χ0) is 13.5. The molecule has 1 amide bonds. The molecular weight excluding hydrogens is 274 g/mol. The Bertz CT molecular complexity index is 575. The largest absolute Gasteiger partial charge is 0.349 e. The van der Waals surface area contributed by atoms with Crippen molar-refractivity contribution in [2.45, 2.75) is 25.8 Å². The zero-order valence-electron chi connectivity index (χ0n) is 10.4. The van der Waals surface area contributed by atoms with Gasteiger partial charge in [-0.25, -0.2) is 17.7 Å². The van der Waals surface area contributed by atoms with Crippen LogP contribution < -0.4 is 9.62 Å². The molecule has 1 heterocycles. The molecule has 1 aliphatic carbocycles. The minimum absolute atomic E-state index is 0.166. The molecule has 100 valence electrons. The number of aromatic nitrogens is 1. The predicted octanol–water partition coefficient (Wildman–Crippen LogP) is 0.740. The van der Waals surface area contributed by atoms with Gasteiger partial charge in [-0.1, -0.05) is 11.3 Å². The van der Waals surface area contributed by atoms with Gasteiger partial charge in [0.25, 0.3) is 5.91 Å². The molecule has 1 fully saturated rings. The number of nitrogens with one attached hydrogen (secondary N) is 1. The Morgan fingerprint density at radius 1 is 1.50 bits per heavy atom. The lowest BCUT2D eigenvalue weighted by atomic mass is 10.4. The Labute approximate surface area is 110 Å². The van der Waals surface area contributed by atoms with E-state index in [1.54, 1.807) is 6.92 Å². The molecule has 0 aliphatic heterocycles. The van der Waals surface area contributed by atoms with Crippen LogP contribution in [-0.4, -0.2) is 38.7 Å². The van der Waals surface area contributed by atoms with Gasteiger partial charge in [-0.05, 0) is 19.8 Å². The van der Waals surface area contributed by atoms with Crippen molar-refractivity contribution in [1.82, 2.24) is 10.3 Å². The molecule has 1 aromatic rings. The van der Waals surface area contributed by atoms with Crippen LogP contribution >= 0.6 is 11.3 Å². The molecule has 0 atom stereocenters. The standard InChI is InChI=1S/C10H15N3O3S2/c1-6-8(9(14)12-7-4-5-7)17-10(11-6)13(2)18(3,15)16/h7H,4-5H2,1-3H3,(H,12,14). The highest BCUT2D eigenvalue weighted by Crippen LogP contribution is 2.28. The number of sulfonamides is 1. The Morgan fingerprint density at radius 3 is 2.61 bits per heavy atom. The van der Waals surface area contributed by atoms with Crippen LogP contribution in [0.1, 0.15) is 28.2 Å². The van der Waals surface area contributed by atoms with Gasteiger partial charge >= 0.3 is 0 Å². The second-order valence-corrected chi connectivity index (χ2v) is 7.38. The van der Waals surface area contributed by atoms with Gasteiger partial charge in [0.2, 0.25) is 10.0 Å². The maximum Gasteiger partial charge on any atom is 0.263 e. The molecule has 1 N–H and O–H groups in total. The van der Waals surface area contributed by atoms with E-state index < -0.39 is 10.0 Å². The number of thiazole rings is 1. The Morgan fingerprint density at radius 2 is 2.11 bits per heavy atom. The molecule has 2 rings (SSSR count). The van der Waals surface area contributed by atoms with E-state index in [2.05, 4.69) is 10.3 Å². The van der Waals surface area contributed by atoms with Gasteiger partial charge in [-0.15, -0.1) is 0 Å². The van der Waals surface area contributed by atoms with Crippen LogP contribution in [0.2, 0.25) is 0 Å². The third-order valence-electron chi connectivity index (χ3n) is 2.67. The maximum atomic E-state index is 11.9. The summed E-state index contributed by atoms with van der Waals surface area (Å²) >= 11 is 1.10. The van der Waals surface area contributed by atoms with Crippen molar-refractivity contribution >= 4 is 32.4 Å². The van der Waals surface area contributed by atoms with E-state index in [1.807, 2.05) is 0 Å². The summed E-state index contributed by atoms with van der Waals surface area (Å²) in [6, 6.07) is 0.273. The van der Waals surface area contributed by atoms with Crippen molar-refractivity contribution in [2.75, 3.05) is 17.6 Å². The average molecular weight is 289 g/mol. The first-order chi connectivity index (χ1) is 8.29. The number of carbonyl (C=O) groups excluding carboxylic acids is 1. The molecule has 0 radical (unpaired) electrons. The Kier molecular flexibility index (Phi) is 3.33. The van der Waals surface area contributed by atoms with Crippen molar-refractivity contribution < 1.29 is 13.2 Å². The van der Waals surface area contributed by atoms with Crippen LogP contribution in [-0.2, 0) is 10.0 Å². The Balaban J connectivity index is 2.23. The molecule has 0 spiro atoms. The molecule has 18 heavy (non-hydrogen) atoms. The minimum Gasteiger partial charge on any atom is -0.349 e. The number of amides is 1. The second-order valence-electron chi connectivity index (χ2n) is 4.39. The fraction of sp³-hybridized carbons (Fsp3) is 0.600. The highest BCUT2D eigenvalue weighted by Gasteiger charge is 2.27. The van der Waals surface area contributed by atoms with Crippen molar-refractivity contribution in [3.63, 3.8) is 0 Å². The predicted molar refractivity (Wildman–Crippen MR) is 70.6 cm³/mol. The quantitative estimate of drug-likeness (QED) is 0.886. The lowest BCUT2D eigenvalue weighted by molar-refractivity contribution is 0.0954. The first kappa shape index (κ1) is 13.3. The van der Waals surface area contributed by atoms with Crippen molar-refractivity contribution in [3.8, 4) is 0 Å². The number of nitrogens with zero attached hydrogens (tertiary/aromatic N) is 2. The van der Waals surface area contributed by atoms with E-state index in [4.69, 9.17) is 0 Å². The monoisotopic (exact) mass is 289 g/mol. The van der Waals surface area contributed by atoms with E-state index in [1.165, 1.54) is 7.05 Å².